The van der Waals surface area contributed by atoms with Crippen LogP contribution in [0.3, 0.4) is 0 Å². The second-order valence-electron chi connectivity index (χ2n) is 5.77. The highest BCUT2D eigenvalue weighted by molar-refractivity contribution is 8.77. The van der Waals surface area contributed by atoms with E-state index in [1.807, 2.05) is 21.6 Å². The summed E-state index contributed by atoms with van der Waals surface area (Å²) in [6.07, 6.45) is 5.67. The molecular weight excluding hydrogens is 300 g/mol. The van der Waals surface area contributed by atoms with Crippen LogP contribution in [-0.4, -0.2) is 28.9 Å². The molecule has 1 N–H and O–H groups in total. The minimum Gasteiger partial charge on any atom is -0.353 e. The Balaban J connectivity index is 1.52. The first-order chi connectivity index (χ1) is 9.55. The minimum atomic E-state index is -2.52. The maximum Gasteiger partial charge on any atom is 0.248 e. The zero-order valence-electron chi connectivity index (χ0n) is 11.7. The van der Waals surface area contributed by atoms with Gasteiger partial charge < -0.3 is 5.32 Å². The van der Waals surface area contributed by atoms with Gasteiger partial charge in [0.1, 0.15) is 0 Å². The average Bonchev–Trinajstić information content (AvgIpc) is 2.90. The van der Waals surface area contributed by atoms with Gasteiger partial charge in [0.05, 0.1) is 0 Å². The van der Waals surface area contributed by atoms with Gasteiger partial charge in [-0.1, -0.05) is 28.0 Å². The number of nitrogens with one attached hydrogen (secondary N) is 1. The fourth-order valence-corrected chi connectivity index (χ4v) is 5.73. The van der Waals surface area contributed by atoms with Gasteiger partial charge in [0.15, 0.2) is 0 Å². The van der Waals surface area contributed by atoms with Crippen LogP contribution in [0.15, 0.2) is 0 Å². The van der Waals surface area contributed by atoms with Crippen molar-refractivity contribution in [2.24, 2.45) is 0 Å². The molecule has 1 aliphatic heterocycles. The van der Waals surface area contributed by atoms with E-state index in [0.717, 1.165) is 18.1 Å². The van der Waals surface area contributed by atoms with E-state index in [4.69, 9.17) is 0 Å². The normalized spacial score (nSPS) is 26.6. The number of carbonyl (C=O) groups is 1. The van der Waals surface area contributed by atoms with Gasteiger partial charge in [-0.15, -0.1) is 0 Å². The number of halogens is 2. The molecule has 1 saturated heterocycles. The Morgan fingerprint density at radius 1 is 1.20 bits per heavy atom. The lowest BCUT2D eigenvalue weighted by Gasteiger charge is -2.28. The van der Waals surface area contributed by atoms with Crippen LogP contribution in [0.2, 0.25) is 0 Å². The van der Waals surface area contributed by atoms with Crippen LogP contribution in [0.1, 0.15) is 57.8 Å². The highest BCUT2D eigenvalue weighted by Crippen LogP contribution is 2.39. The standard InChI is InChI=1S/C14H23F2NOS2/c15-14(16)8-5-11(6-9-14)17-13(18)4-2-1-3-12-7-10-19-20-12/h11-12H,1-10H2,(H,17,18)/t12-/m1/s1. The molecule has 2 aliphatic rings. The number of hydrogen-bond acceptors (Lipinski definition) is 3. The molecule has 0 radical (unpaired) electrons. The predicted octanol–water partition coefficient (Wildman–Crippen LogP) is 4.39. The molecule has 1 amide bonds. The first kappa shape index (κ1) is 16.4. The van der Waals surface area contributed by atoms with Gasteiger partial charge in [-0.2, -0.15) is 0 Å². The lowest BCUT2D eigenvalue weighted by atomic mass is 9.92. The Labute approximate surface area is 127 Å². The maximum atomic E-state index is 13.0. The number of unbranched alkanes of at least 4 members (excludes halogenated alkanes) is 1. The maximum absolute atomic E-state index is 13.0. The van der Waals surface area contributed by atoms with E-state index in [1.54, 1.807) is 0 Å². The molecule has 1 heterocycles. The third-order valence-corrected chi connectivity index (χ3v) is 7.00. The second kappa shape index (κ2) is 7.87. The summed E-state index contributed by atoms with van der Waals surface area (Å²) < 4.78 is 26.0. The van der Waals surface area contributed by atoms with Crippen LogP contribution >= 0.6 is 21.6 Å². The van der Waals surface area contributed by atoms with Crippen LogP contribution in [0, 0.1) is 0 Å². The zero-order valence-corrected chi connectivity index (χ0v) is 13.3. The molecular formula is C14H23F2NOS2. The first-order valence-electron chi connectivity index (χ1n) is 7.51. The average molecular weight is 323 g/mol. The van der Waals surface area contributed by atoms with Gasteiger partial charge in [0, 0.05) is 36.3 Å². The van der Waals surface area contributed by atoms with Crippen LogP contribution < -0.4 is 5.32 Å². The van der Waals surface area contributed by atoms with Crippen LogP contribution in [0.25, 0.3) is 0 Å². The topological polar surface area (TPSA) is 29.1 Å². The van der Waals surface area contributed by atoms with Crippen LogP contribution in [-0.2, 0) is 4.79 Å². The summed E-state index contributed by atoms with van der Waals surface area (Å²) in [5, 5.41) is 3.67. The van der Waals surface area contributed by atoms with Crippen molar-refractivity contribution < 1.29 is 13.6 Å². The van der Waals surface area contributed by atoms with Crippen molar-refractivity contribution in [3.05, 3.63) is 0 Å². The summed E-state index contributed by atoms with van der Waals surface area (Å²) >= 11 is 0. The lowest BCUT2D eigenvalue weighted by molar-refractivity contribution is -0.123. The molecule has 0 spiro atoms. The third kappa shape index (κ3) is 5.80. The van der Waals surface area contributed by atoms with Crippen LogP contribution in [0.4, 0.5) is 8.78 Å². The fraction of sp³-hybridized carbons (Fsp3) is 0.929. The van der Waals surface area contributed by atoms with Crippen molar-refractivity contribution in [1.29, 1.82) is 0 Å². The summed E-state index contributed by atoms with van der Waals surface area (Å²) in [4.78, 5) is 11.8. The van der Waals surface area contributed by atoms with Gasteiger partial charge in [-0.25, -0.2) is 8.78 Å². The van der Waals surface area contributed by atoms with Gasteiger partial charge in [0.2, 0.25) is 11.8 Å². The van der Waals surface area contributed by atoms with E-state index in [9.17, 15) is 13.6 Å². The van der Waals surface area contributed by atoms with Crippen molar-refractivity contribution in [2.45, 2.75) is 75.0 Å². The Bertz CT molecular complexity index is 312. The quantitative estimate of drug-likeness (QED) is 0.580. The number of hydrogen-bond donors (Lipinski definition) is 1. The van der Waals surface area contributed by atoms with Crippen molar-refractivity contribution >= 4 is 27.5 Å². The monoisotopic (exact) mass is 323 g/mol. The van der Waals surface area contributed by atoms with E-state index in [1.165, 1.54) is 18.6 Å². The molecule has 0 aromatic heterocycles. The van der Waals surface area contributed by atoms with E-state index in [-0.39, 0.29) is 24.8 Å². The third-order valence-electron chi connectivity index (χ3n) is 3.99. The van der Waals surface area contributed by atoms with Gasteiger partial charge in [-0.05, 0) is 32.1 Å². The van der Waals surface area contributed by atoms with Gasteiger partial charge >= 0.3 is 0 Å². The number of carbonyl (C=O) groups excluding carboxylic acids is 1. The zero-order chi connectivity index (χ0) is 14.4. The number of rotatable bonds is 6. The molecule has 0 aromatic carbocycles. The Kier molecular flexibility index (Phi) is 6.46. The van der Waals surface area contributed by atoms with E-state index >= 15 is 0 Å². The van der Waals surface area contributed by atoms with E-state index in [0.29, 0.717) is 19.3 Å². The molecule has 20 heavy (non-hydrogen) atoms. The Morgan fingerprint density at radius 2 is 1.95 bits per heavy atom. The Hall–Kier alpha value is 0.0300. The second-order valence-corrected chi connectivity index (χ2v) is 8.56. The van der Waals surface area contributed by atoms with Crippen molar-refractivity contribution in [1.82, 2.24) is 5.32 Å². The van der Waals surface area contributed by atoms with Gasteiger partial charge in [-0.3, -0.25) is 4.79 Å². The molecule has 0 unspecified atom stereocenters. The number of alkyl halides is 2. The molecule has 0 aromatic rings. The SMILES string of the molecule is O=C(CCCC[C@@H]1CCSS1)NC1CCC(F)(F)CC1. The van der Waals surface area contributed by atoms with Crippen molar-refractivity contribution in [3.8, 4) is 0 Å². The van der Waals surface area contributed by atoms with Crippen molar-refractivity contribution in [3.63, 3.8) is 0 Å². The predicted molar refractivity (Wildman–Crippen MR) is 82.3 cm³/mol. The molecule has 116 valence electrons. The summed E-state index contributed by atoms with van der Waals surface area (Å²) in [5.41, 5.74) is 0. The largest absolute Gasteiger partial charge is 0.353 e. The molecule has 1 aliphatic carbocycles. The summed E-state index contributed by atoms with van der Waals surface area (Å²) in [5.74, 6) is -1.23. The van der Waals surface area contributed by atoms with E-state index < -0.39 is 5.92 Å². The van der Waals surface area contributed by atoms with Gasteiger partial charge in [0.25, 0.3) is 0 Å². The molecule has 6 heteroatoms. The summed E-state index contributed by atoms with van der Waals surface area (Å²) in [6.45, 7) is 0. The molecule has 2 rings (SSSR count). The van der Waals surface area contributed by atoms with Crippen molar-refractivity contribution in [2.75, 3.05) is 5.75 Å². The summed E-state index contributed by atoms with van der Waals surface area (Å²) in [6, 6.07) is -0.0380. The van der Waals surface area contributed by atoms with E-state index in [2.05, 4.69) is 5.32 Å². The lowest BCUT2D eigenvalue weighted by Crippen LogP contribution is -2.40. The van der Waals surface area contributed by atoms with Crippen LogP contribution in [0.5, 0.6) is 0 Å². The smallest absolute Gasteiger partial charge is 0.248 e. The molecule has 2 nitrogen and oxygen atoms in total. The number of amides is 1. The highest BCUT2D eigenvalue weighted by atomic mass is 33.1. The first-order valence-corrected chi connectivity index (χ1v) is 9.89. The summed E-state index contributed by atoms with van der Waals surface area (Å²) in [7, 11) is 3.92. The molecule has 1 saturated carbocycles. The highest BCUT2D eigenvalue weighted by Gasteiger charge is 2.35. The fourth-order valence-electron chi connectivity index (χ4n) is 2.71. The molecule has 0 bridgehead atoms. The minimum absolute atomic E-state index is 0.0358. The molecule has 2 fully saturated rings. The molecule has 1 atom stereocenters. The Morgan fingerprint density at radius 3 is 2.60 bits per heavy atom.